The summed E-state index contributed by atoms with van der Waals surface area (Å²) < 4.78 is 1.19. The van der Waals surface area contributed by atoms with Gasteiger partial charge >= 0.3 is 0 Å². The van der Waals surface area contributed by atoms with Gasteiger partial charge in [0, 0.05) is 22.5 Å². The zero-order chi connectivity index (χ0) is 10.8. The second-order valence-corrected chi connectivity index (χ2v) is 5.40. The Morgan fingerprint density at radius 3 is 2.93 bits per heavy atom. The van der Waals surface area contributed by atoms with Crippen LogP contribution in [0.2, 0.25) is 0 Å². The minimum absolute atomic E-state index is 0.648. The van der Waals surface area contributed by atoms with Crippen LogP contribution in [0.15, 0.2) is 28.7 Å². The Balaban J connectivity index is 2.22. The standard InChI is InChI=1S/C13H18BrN/c1-3-13-12(7-9(2)15-13)10-5-4-6-11(14)8-10/h4-6,8-9,12-13,15H,3,7H2,1-2H3. The maximum atomic E-state index is 3.66. The summed E-state index contributed by atoms with van der Waals surface area (Å²) in [4.78, 5) is 0. The summed E-state index contributed by atoms with van der Waals surface area (Å²) in [6.07, 6.45) is 2.47. The second-order valence-electron chi connectivity index (χ2n) is 4.48. The van der Waals surface area contributed by atoms with Gasteiger partial charge in [0.25, 0.3) is 0 Å². The molecule has 0 aromatic heterocycles. The number of halogens is 1. The first-order chi connectivity index (χ1) is 7.20. The Kier molecular flexibility index (Phi) is 3.47. The van der Waals surface area contributed by atoms with Gasteiger partial charge in [0.05, 0.1) is 0 Å². The number of hydrogen-bond donors (Lipinski definition) is 1. The van der Waals surface area contributed by atoms with Gasteiger partial charge in [0.1, 0.15) is 0 Å². The lowest BCUT2D eigenvalue weighted by Gasteiger charge is -2.18. The van der Waals surface area contributed by atoms with E-state index in [0.717, 1.165) is 0 Å². The molecule has 3 unspecified atom stereocenters. The van der Waals surface area contributed by atoms with E-state index >= 15 is 0 Å². The van der Waals surface area contributed by atoms with E-state index in [1.807, 2.05) is 0 Å². The molecule has 1 fully saturated rings. The van der Waals surface area contributed by atoms with Crippen molar-refractivity contribution in [1.82, 2.24) is 5.32 Å². The fourth-order valence-corrected chi connectivity index (χ4v) is 3.02. The third-order valence-electron chi connectivity index (χ3n) is 3.31. The fourth-order valence-electron chi connectivity index (χ4n) is 2.60. The van der Waals surface area contributed by atoms with Crippen molar-refractivity contribution in [3.8, 4) is 0 Å². The first-order valence-corrected chi connectivity index (χ1v) is 6.51. The van der Waals surface area contributed by atoms with E-state index in [2.05, 4.69) is 59.4 Å². The second kappa shape index (κ2) is 4.67. The number of benzene rings is 1. The van der Waals surface area contributed by atoms with Gasteiger partial charge in [0.2, 0.25) is 0 Å². The Bertz CT molecular complexity index is 337. The summed E-state index contributed by atoms with van der Waals surface area (Å²) in [6, 6.07) is 10.0. The van der Waals surface area contributed by atoms with Crippen molar-refractivity contribution in [1.29, 1.82) is 0 Å². The molecule has 15 heavy (non-hydrogen) atoms. The van der Waals surface area contributed by atoms with E-state index in [1.165, 1.54) is 22.9 Å². The van der Waals surface area contributed by atoms with Crippen molar-refractivity contribution in [2.24, 2.45) is 0 Å². The quantitative estimate of drug-likeness (QED) is 0.862. The fraction of sp³-hybridized carbons (Fsp3) is 0.538. The molecule has 1 heterocycles. The molecule has 82 valence electrons. The predicted octanol–water partition coefficient (Wildman–Crippen LogP) is 3.69. The molecule has 0 radical (unpaired) electrons. The molecule has 1 nitrogen and oxygen atoms in total. The highest BCUT2D eigenvalue weighted by Gasteiger charge is 2.30. The molecule has 3 atom stereocenters. The molecule has 2 heteroatoms. The predicted molar refractivity (Wildman–Crippen MR) is 68.2 cm³/mol. The molecule has 1 aromatic rings. The van der Waals surface area contributed by atoms with Gasteiger partial charge < -0.3 is 5.32 Å². The highest BCUT2D eigenvalue weighted by atomic mass is 79.9. The molecule has 0 aliphatic carbocycles. The Morgan fingerprint density at radius 2 is 2.27 bits per heavy atom. The van der Waals surface area contributed by atoms with Crippen molar-refractivity contribution in [2.45, 2.75) is 44.7 Å². The van der Waals surface area contributed by atoms with Crippen molar-refractivity contribution in [3.05, 3.63) is 34.3 Å². The lowest BCUT2D eigenvalue weighted by atomic mass is 9.90. The van der Waals surface area contributed by atoms with Crippen LogP contribution in [0.25, 0.3) is 0 Å². The van der Waals surface area contributed by atoms with Crippen molar-refractivity contribution in [3.63, 3.8) is 0 Å². The first-order valence-electron chi connectivity index (χ1n) is 5.72. The smallest absolute Gasteiger partial charge is 0.0178 e. The Hall–Kier alpha value is -0.340. The number of hydrogen-bond acceptors (Lipinski definition) is 1. The molecule has 1 aliphatic heterocycles. The van der Waals surface area contributed by atoms with Gasteiger partial charge in [0.15, 0.2) is 0 Å². The molecular formula is C13H18BrN. The maximum Gasteiger partial charge on any atom is 0.0178 e. The van der Waals surface area contributed by atoms with Crippen LogP contribution in [0.3, 0.4) is 0 Å². The highest BCUT2D eigenvalue weighted by Crippen LogP contribution is 2.33. The van der Waals surface area contributed by atoms with Crippen LogP contribution in [0, 0.1) is 0 Å². The highest BCUT2D eigenvalue weighted by molar-refractivity contribution is 9.10. The van der Waals surface area contributed by atoms with E-state index in [0.29, 0.717) is 18.0 Å². The normalized spacial score (nSPS) is 30.7. The molecule has 1 saturated heterocycles. The van der Waals surface area contributed by atoms with Crippen molar-refractivity contribution >= 4 is 15.9 Å². The Labute approximate surface area is 100 Å². The van der Waals surface area contributed by atoms with Gasteiger partial charge in [-0.1, -0.05) is 35.0 Å². The summed E-state index contributed by atoms with van der Waals surface area (Å²) in [7, 11) is 0. The minimum Gasteiger partial charge on any atom is -0.311 e. The molecule has 0 saturated carbocycles. The van der Waals surface area contributed by atoms with E-state index in [1.54, 1.807) is 0 Å². The minimum atomic E-state index is 0.648. The van der Waals surface area contributed by atoms with Gasteiger partial charge in [-0.3, -0.25) is 0 Å². The van der Waals surface area contributed by atoms with E-state index in [9.17, 15) is 0 Å². The third kappa shape index (κ3) is 2.43. The molecular weight excluding hydrogens is 250 g/mol. The molecule has 2 rings (SSSR count). The SMILES string of the molecule is CCC1NC(C)CC1c1cccc(Br)c1. The molecule has 0 bridgehead atoms. The lowest BCUT2D eigenvalue weighted by molar-refractivity contribution is 0.517. The first kappa shape index (κ1) is 11.2. The maximum absolute atomic E-state index is 3.66. The zero-order valence-electron chi connectivity index (χ0n) is 9.33. The van der Waals surface area contributed by atoms with Crippen LogP contribution in [0.5, 0.6) is 0 Å². The number of rotatable bonds is 2. The monoisotopic (exact) mass is 267 g/mol. The summed E-state index contributed by atoms with van der Waals surface area (Å²) >= 11 is 3.55. The van der Waals surface area contributed by atoms with Crippen LogP contribution in [0.1, 0.15) is 38.2 Å². The summed E-state index contributed by atoms with van der Waals surface area (Å²) in [6.45, 7) is 4.54. The van der Waals surface area contributed by atoms with Crippen LogP contribution >= 0.6 is 15.9 Å². The Morgan fingerprint density at radius 1 is 1.47 bits per heavy atom. The molecule has 0 spiro atoms. The molecule has 1 aromatic carbocycles. The van der Waals surface area contributed by atoms with Gasteiger partial charge in [-0.15, -0.1) is 0 Å². The van der Waals surface area contributed by atoms with Crippen LogP contribution < -0.4 is 5.32 Å². The number of nitrogens with one attached hydrogen (secondary N) is 1. The summed E-state index contributed by atoms with van der Waals surface area (Å²) in [5.41, 5.74) is 1.47. The topological polar surface area (TPSA) is 12.0 Å². The van der Waals surface area contributed by atoms with E-state index < -0.39 is 0 Å². The largest absolute Gasteiger partial charge is 0.311 e. The van der Waals surface area contributed by atoms with Crippen LogP contribution in [-0.2, 0) is 0 Å². The molecule has 0 amide bonds. The third-order valence-corrected chi connectivity index (χ3v) is 3.80. The van der Waals surface area contributed by atoms with Crippen LogP contribution in [-0.4, -0.2) is 12.1 Å². The zero-order valence-corrected chi connectivity index (χ0v) is 10.9. The summed E-state index contributed by atoms with van der Waals surface area (Å²) in [5, 5.41) is 3.66. The van der Waals surface area contributed by atoms with E-state index in [-0.39, 0.29) is 0 Å². The van der Waals surface area contributed by atoms with Crippen molar-refractivity contribution in [2.75, 3.05) is 0 Å². The van der Waals surface area contributed by atoms with Gasteiger partial charge in [-0.05, 0) is 37.5 Å². The molecule has 1 aliphatic rings. The average molecular weight is 268 g/mol. The van der Waals surface area contributed by atoms with Gasteiger partial charge in [-0.25, -0.2) is 0 Å². The average Bonchev–Trinajstić information content (AvgIpc) is 2.59. The lowest BCUT2D eigenvalue weighted by Crippen LogP contribution is -2.28. The summed E-state index contributed by atoms with van der Waals surface area (Å²) in [5.74, 6) is 0.683. The van der Waals surface area contributed by atoms with Gasteiger partial charge in [-0.2, -0.15) is 0 Å². The molecule has 1 N–H and O–H groups in total. The van der Waals surface area contributed by atoms with E-state index in [4.69, 9.17) is 0 Å². The van der Waals surface area contributed by atoms with Crippen LogP contribution in [0.4, 0.5) is 0 Å². The van der Waals surface area contributed by atoms with Crippen molar-refractivity contribution < 1.29 is 0 Å².